The number of nitrogens with one attached hydrogen (secondary N) is 2. The van der Waals surface area contributed by atoms with Crippen molar-refractivity contribution in [1.82, 2.24) is 20.2 Å². The molecule has 0 aromatic carbocycles. The number of hydrogen-bond donors (Lipinski definition) is 2. The van der Waals surface area contributed by atoms with Crippen LogP contribution >= 0.6 is 0 Å². The van der Waals surface area contributed by atoms with Gasteiger partial charge in [0.05, 0.1) is 35.9 Å². The van der Waals surface area contributed by atoms with Crippen LogP contribution in [-0.4, -0.2) is 46.5 Å². The molecule has 0 bridgehead atoms. The minimum atomic E-state index is 0.390. The Morgan fingerprint density at radius 1 is 1.33 bits per heavy atom. The topological polar surface area (TPSA) is 85.0 Å². The Kier molecular flexibility index (Phi) is 5.20. The molecule has 0 aliphatic heterocycles. The average molecular weight is 367 g/mol. The van der Waals surface area contributed by atoms with Gasteiger partial charge in [-0.25, -0.2) is 9.97 Å². The lowest BCUT2D eigenvalue weighted by Crippen LogP contribution is -2.13. The number of nitrogens with zero attached hydrogens (tertiary/aromatic N) is 3. The summed E-state index contributed by atoms with van der Waals surface area (Å²) in [6.45, 7) is 3.42. The molecule has 142 valence electrons. The molecule has 1 saturated carbocycles. The monoisotopic (exact) mass is 367 g/mol. The summed E-state index contributed by atoms with van der Waals surface area (Å²) in [5, 5.41) is 10.8. The van der Waals surface area contributed by atoms with Crippen molar-refractivity contribution in [2.24, 2.45) is 5.92 Å². The zero-order valence-corrected chi connectivity index (χ0v) is 15.7. The second-order valence-electron chi connectivity index (χ2n) is 6.89. The summed E-state index contributed by atoms with van der Waals surface area (Å²) in [7, 11) is 1.80. The number of H-pyrrole nitrogens is 1. The molecule has 2 atom stereocenters. The lowest BCUT2D eigenvalue weighted by molar-refractivity contribution is 0.106. The van der Waals surface area contributed by atoms with E-state index >= 15 is 0 Å². The predicted molar refractivity (Wildman–Crippen MR) is 105 cm³/mol. The van der Waals surface area contributed by atoms with E-state index in [-0.39, 0.29) is 0 Å². The highest BCUT2D eigenvalue weighted by Gasteiger charge is 2.24. The van der Waals surface area contributed by atoms with Crippen molar-refractivity contribution in [3.05, 3.63) is 30.6 Å². The second kappa shape index (κ2) is 7.92. The van der Waals surface area contributed by atoms with Crippen molar-refractivity contribution < 1.29 is 9.47 Å². The van der Waals surface area contributed by atoms with Crippen molar-refractivity contribution in [3.8, 4) is 17.1 Å². The Labute approximate surface area is 158 Å². The van der Waals surface area contributed by atoms with Crippen molar-refractivity contribution in [1.29, 1.82) is 0 Å². The first-order valence-corrected chi connectivity index (χ1v) is 9.47. The zero-order valence-electron chi connectivity index (χ0n) is 15.7. The third-order valence-corrected chi connectivity index (χ3v) is 5.15. The molecule has 1 aliphatic carbocycles. The van der Waals surface area contributed by atoms with Gasteiger partial charge in [0, 0.05) is 19.9 Å². The van der Waals surface area contributed by atoms with Crippen molar-refractivity contribution in [2.45, 2.75) is 32.3 Å². The van der Waals surface area contributed by atoms with E-state index in [4.69, 9.17) is 14.5 Å². The summed E-state index contributed by atoms with van der Waals surface area (Å²) >= 11 is 0. The van der Waals surface area contributed by atoms with Crippen LogP contribution in [0.3, 0.4) is 0 Å². The molecule has 2 unspecified atom stereocenters. The van der Waals surface area contributed by atoms with E-state index in [1.807, 2.05) is 25.1 Å². The van der Waals surface area contributed by atoms with E-state index in [1.165, 1.54) is 6.42 Å². The molecule has 3 aromatic heterocycles. The Morgan fingerprint density at radius 3 is 3.07 bits per heavy atom. The molecular weight excluding hydrogens is 342 g/mol. The molecule has 0 amide bonds. The number of aromatic amines is 1. The van der Waals surface area contributed by atoms with Crippen molar-refractivity contribution in [2.75, 3.05) is 25.6 Å². The predicted octanol–water partition coefficient (Wildman–Crippen LogP) is 3.65. The summed E-state index contributed by atoms with van der Waals surface area (Å²) in [4.78, 5) is 9.09. The van der Waals surface area contributed by atoms with Crippen LogP contribution < -0.4 is 10.1 Å². The van der Waals surface area contributed by atoms with E-state index in [9.17, 15) is 0 Å². The fourth-order valence-corrected chi connectivity index (χ4v) is 3.73. The van der Waals surface area contributed by atoms with Crippen LogP contribution in [0.25, 0.3) is 22.3 Å². The van der Waals surface area contributed by atoms with Gasteiger partial charge in [-0.3, -0.25) is 5.10 Å². The van der Waals surface area contributed by atoms with Crippen LogP contribution in [-0.2, 0) is 4.74 Å². The largest absolute Gasteiger partial charge is 0.477 e. The normalized spacial score (nSPS) is 19.5. The van der Waals surface area contributed by atoms with Gasteiger partial charge in [0.2, 0.25) is 5.88 Å². The third-order valence-electron chi connectivity index (χ3n) is 5.15. The molecule has 1 aliphatic rings. The molecule has 2 N–H and O–H groups in total. The maximum atomic E-state index is 5.68. The fourth-order valence-electron chi connectivity index (χ4n) is 3.73. The molecule has 7 heteroatoms. The number of anilines is 1. The van der Waals surface area contributed by atoms with Crippen LogP contribution in [0.15, 0.2) is 30.6 Å². The number of ether oxygens (including phenoxy) is 2. The third kappa shape index (κ3) is 3.73. The molecule has 7 nitrogen and oxygen atoms in total. The van der Waals surface area contributed by atoms with Crippen LogP contribution in [0.4, 0.5) is 5.69 Å². The highest BCUT2D eigenvalue weighted by atomic mass is 16.5. The molecule has 0 spiro atoms. The summed E-state index contributed by atoms with van der Waals surface area (Å²) < 4.78 is 11.2. The molecule has 1 fully saturated rings. The van der Waals surface area contributed by atoms with Crippen LogP contribution in [0, 0.1) is 5.92 Å². The van der Waals surface area contributed by atoms with Crippen molar-refractivity contribution >= 4 is 16.7 Å². The second-order valence-corrected chi connectivity index (χ2v) is 6.89. The molecule has 0 saturated heterocycles. The minimum Gasteiger partial charge on any atom is -0.477 e. The first-order valence-electron chi connectivity index (χ1n) is 9.47. The van der Waals surface area contributed by atoms with Crippen molar-refractivity contribution in [3.63, 3.8) is 0 Å². The van der Waals surface area contributed by atoms with Gasteiger partial charge in [-0.2, -0.15) is 5.10 Å². The standard InChI is InChI=1S/C20H25N5O2/c1-3-27-20-15(5-4-8-21-20)16-10-17(19-18(24-16)12-23-25-19)22-11-13-6-7-14(9-13)26-2/h4-5,8,10,12-14H,3,6-7,9,11H2,1-2H3,(H,22,24)(H,23,25). The lowest BCUT2D eigenvalue weighted by atomic mass is 10.1. The number of pyridine rings is 2. The van der Waals surface area contributed by atoms with E-state index < -0.39 is 0 Å². The number of methoxy groups -OCH3 is 1. The summed E-state index contributed by atoms with van der Waals surface area (Å²) in [6, 6.07) is 5.93. The van der Waals surface area contributed by atoms with Gasteiger partial charge in [-0.15, -0.1) is 0 Å². The average Bonchev–Trinajstić information content (AvgIpc) is 3.36. The molecule has 0 radical (unpaired) electrons. The summed E-state index contributed by atoms with van der Waals surface area (Å²) in [5.41, 5.74) is 4.44. The lowest BCUT2D eigenvalue weighted by Gasteiger charge is -2.15. The first-order chi connectivity index (χ1) is 13.3. The van der Waals surface area contributed by atoms with E-state index in [2.05, 4.69) is 20.5 Å². The van der Waals surface area contributed by atoms with Crippen LogP contribution in [0.2, 0.25) is 0 Å². The number of fused-ring (bicyclic) bond motifs is 1. The molecule has 4 rings (SSSR count). The van der Waals surface area contributed by atoms with Crippen LogP contribution in [0.5, 0.6) is 5.88 Å². The van der Waals surface area contributed by atoms with Gasteiger partial charge in [-0.05, 0) is 50.3 Å². The first kappa shape index (κ1) is 17.7. The summed E-state index contributed by atoms with van der Waals surface area (Å²) in [5.74, 6) is 1.21. The number of aromatic nitrogens is 4. The quantitative estimate of drug-likeness (QED) is 0.663. The van der Waals surface area contributed by atoms with Gasteiger partial charge in [0.25, 0.3) is 0 Å². The maximum absolute atomic E-state index is 5.68. The Morgan fingerprint density at radius 2 is 2.26 bits per heavy atom. The Bertz CT molecular complexity index is 910. The molecular formula is C20H25N5O2. The van der Waals surface area contributed by atoms with Gasteiger partial charge in [-0.1, -0.05) is 0 Å². The van der Waals surface area contributed by atoms with Gasteiger partial charge in [0.1, 0.15) is 11.0 Å². The van der Waals surface area contributed by atoms with E-state index in [0.29, 0.717) is 24.5 Å². The number of hydrogen-bond acceptors (Lipinski definition) is 6. The van der Waals surface area contributed by atoms with Gasteiger partial charge < -0.3 is 14.8 Å². The Hall–Kier alpha value is -2.67. The molecule has 3 aromatic rings. The van der Waals surface area contributed by atoms with Gasteiger partial charge in [0.15, 0.2) is 0 Å². The minimum absolute atomic E-state index is 0.390. The highest BCUT2D eigenvalue weighted by molar-refractivity contribution is 5.90. The summed E-state index contributed by atoms with van der Waals surface area (Å²) in [6.07, 6.45) is 7.29. The smallest absolute Gasteiger partial charge is 0.222 e. The van der Waals surface area contributed by atoms with Gasteiger partial charge >= 0.3 is 0 Å². The zero-order chi connectivity index (χ0) is 18.6. The Balaban J connectivity index is 1.62. The van der Waals surface area contributed by atoms with E-state index in [0.717, 1.165) is 47.4 Å². The number of rotatable bonds is 7. The molecule has 27 heavy (non-hydrogen) atoms. The van der Waals surface area contributed by atoms with Crippen LogP contribution in [0.1, 0.15) is 26.2 Å². The SMILES string of the molecule is CCOc1ncccc1-c1cc(NCC2CCC(OC)C2)c2[nH]ncc2n1. The maximum Gasteiger partial charge on any atom is 0.222 e. The fraction of sp³-hybridized carbons (Fsp3) is 0.450. The van der Waals surface area contributed by atoms with E-state index in [1.54, 1.807) is 19.5 Å². The highest BCUT2D eigenvalue weighted by Crippen LogP contribution is 2.33. The molecule has 3 heterocycles.